The summed E-state index contributed by atoms with van der Waals surface area (Å²) in [5.41, 5.74) is 0.198. The van der Waals surface area contributed by atoms with Crippen LogP contribution in [-0.2, 0) is 4.74 Å². The van der Waals surface area contributed by atoms with E-state index >= 15 is 0 Å². The second kappa shape index (κ2) is 8.13. The molecule has 0 rings (SSSR count). The molecular formula is C15H34N2O. The molecule has 3 unspecified atom stereocenters. The summed E-state index contributed by atoms with van der Waals surface area (Å²) in [4.78, 5) is 2.53. The highest BCUT2D eigenvalue weighted by atomic mass is 16.5. The van der Waals surface area contributed by atoms with Crippen LogP contribution in [0, 0.1) is 5.92 Å². The lowest BCUT2D eigenvalue weighted by molar-refractivity contribution is 0.0595. The van der Waals surface area contributed by atoms with Crippen molar-refractivity contribution in [3.63, 3.8) is 0 Å². The normalized spacial score (nSPS) is 17.8. The molecule has 18 heavy (non-hydrogen) atoms. The van der Waals surface area contributed by atoms with E-state index in [4.69, 9.17) is 4.74 Å². The molecule has 0 spiro atoms. The zero-order valence-electron chi connectivity index (χ0n) is 13.7. The zero-order chi connectivity index (χ0) is 14.3. The van der Waals surface area contributed by atoms with Crippen LogP contribution < -0.4 is 5.32 Å². The Hall–Kier alpha value is -0.120. The third-order valence-corrected chi connectivity index (χ3v) is 3.64. The minimum atomic E-state index is 0.198. The first-order valence-electron chi connectivity index (χ1n) is 7.22. The Kier molecular flexibility index (Phi) is 8.08. The fourth-order valence-corrected chi connectivity index (χ4v) is 2.30. The smallest absolute Gasteiger partial charge is 0.0615 e. The Balaban J connectivity index is 4.35. The topological polar surface area (TPSA) is 24.5 Å². The second-order valence-electron chi connectivity index (χ2n) is 6.48. The minimum absolute atomic E-state index is 0.198. The van der Waals surface area contributed by atoms with E-state index in [-0.39, 0.29) is 5.54 Å². The van der Waals surface area contributed by atoms with Crippen molar-refractivity contribution in [2.45, 2.75) is 66.1 Å². The summed E-state index contributed by atoms with van der Waals surface area (Å²) >= 11 is 0. The Morgan fingerprint density at radius 3 is 2.11 bits per heavy atom. The van der Waals surface area contributed by atoms with Gasteiger partial charge in [-0.25, -0.2) is 0 Å². The van der Waals surface area contributed by atoms with Crippen LogP contribution in [0.4, 0.5) is 0 Å². The van der Waals surface area contributed by atoms with Crippen molar-refractivity contribution in [2.24, 2.45) is 5.92 Å². The van der Waals surface area contributed by atoms with Crippen molar-refractivity contribution < 1.29 is 4.74 Å². The van der Waals surface area contributed by atoms with E-state index in [1.807, 2.05) is 0 Å². The summed E-state index contributed by atoms with van der Waals surface area (Å²) in [7, 11) is 1.78. The van der Waals surface area contributed by atoms with E-state index in [1.54, 1.807) is 7.11 Å². The maximum atomic E-state index is 5.27. The maximum Gasteiger partial charge on any atom is 0.0615 e. The van der Waals surface area contributed by atoms with Crippen LogP contribution >= 0.6 is 0 Å². The summed E-state index contributed by atoms with van der Waals surface area (Å²) in [5.74, 6) is 0.628. The van der Waals surface area contributed by atoms with Crippen molar-refractivity contribution in [1.82, 2.24) is 10.2 Å². The van der Waals surface area contributed by atoms with Crippen LogP contribution in [-0.4, -0.2) is 49.3 Å². The fourth-order valence-electron chi connectivity index (χ4n) is 2.30. The van der Waals surface area contributed by atoms with Gasteiger partial charge in [0.1, 0.15) is 0 Å². The minimum Gasteiger partial charge on any atom is -0.383 e. The molecule has 0 saturated heterocycles. The third-order valence-electron chi connectivity index (χ3n) is 3.64. The highest BCUT2D eigenvalue weighted by Crippen LogP contribution is 2.15. The molecule has 0 radical (unpaired) electrons. The van der Waals surface area contributed by atoms with Crippen molar-refractivity contribution in [1.29, 1.82) is 0 Å². The molecule has 3 nitrogen and oxygen atoms in total. The average Bonchev–Trinajstić information content (AvgIpc) is 2.26. The quantitative estimate of drug-likeness (QED) is 0.724. The summed E-state index contributed by atoms with van der Waals surface area (Å²) in [6.07, 6.45) is 0. The van der Waals surface area contributed by atoms with Gasteiger partial charge < -0.3 is 10.1 Å². The molecule has 0 aliphatic rings. The summed E-state index contributed by atoms with van der Waals surface area (Å²) in [6.45, 7) is 18.7. The number of hydrogen-bond donors (Lipinski definition) is 1. The Morgan fingerprint density at radius 2 is 1.72 bits per heavy atom. The van der Waals surface area contributed by atoms with Gasteiger partial charge in [0.25, 0.3) is 0 Å². The van der Waals surface area contributed by atoms with Gasteiger partial charge in [0.2, 0.25) is 0 Å². The lowest BCUT2D eigenvalue weighted by atomic mass is 9.98. The van der Waals surface area contributed by atoms with Crippen LogP contribution in [0.1, 0.15) is 48.5 Å². The molecule has 0 amide bonds. The Labute approximate surface area is 114 Å². The predicted octanol–water partition coefficient (Wildman–Crippen LogP) is 2.76. The average molecular weight is 258 g/mol. The molecule has 0 aromatic carbocycles. The van der Waals surface area contributed by atoms with Gasteiger partial charge in [0.15, 0.2) is 0 Å². The highest BCUT2D eigenvalue weighted by Gasteiger charge is 2.24. The number of methoxy groups -OCH3 is 1. The number of nitrogens with zero attached hydrogens (tertiary/aromatic N) is 1. The molecule has 3 atom stereocenters. The second-order valence-corrected chi connectivity index (χ2v) is 6.48. The standard InChI is InChI=1S/C15H34N2O/c1-9-17(13(3)11-18-8)14(4)12(2)10-16-15(5,6)7/h12-14,16H,9-11H2,1-8H3. The van der Waals surface area contributed by atoms with Gasteiger partial charge in [-0.1, -0.05) is 13.8 Å². The van der Waals surface area contributed by atoms with Crippen LogP contribution in [0.3, 0.4) is 0 Å². The van der Waals surface area contributed by atoms with Crippen molar-refractivity contribution >= 4 is 0 Å². The number of likely N-dealkylation sites (N-methyl/N-ethyl adjacent to an activating group) is 1. The Morgan fingerprint density at radius 1 is 1.17 bits per heavy atom. The first kappa shape index (κ1) is 17.9. The van der Waals surface area contributed by atoms with Gasteiger partial charge in [-0.15, -0.1) is 0 Å². The third kappa shape index (κ3) is 6.72. The summed E-state index contributed by atoms with van der Waals surface area (Å²) in [6, 6.07) is 1.04. The van der Waals surface area contributed by atoms with E-state index in [9.17, 15) is 0 Å². The van der Waals surface area contributed by atoms with E-state index < -0.39 is 0 Å². The molecule has 0 aliphatic carbocycles. The lowest BCUT2D eigenvalue weighted by Crippen LogP contribution is -2.49. The van der Waals surface area contributed by atoms with Gasteiger partial charge in [0.05, 0.1) is 6.61 Å². The van der Waals surface area contributed by atoms with E-state index in [0.717, 1.165) is 19.7 Å². The lowest BCUT2D eigenvalue weighted by Gasteiger charge is -2.37. The molecule has 0 bridgehead atoms. The molecule has 0 aromatic rings. The molecule has 1 N–H and O–H groups in total. The molecule has 0 heterocycles. The van der Waals surface area contributed by atoms with E-state index in [0.29, 0.717) is 18.0 Å². The summed E-state index contributed by atoms with van der Waals surface area (Å²) in [5, 5.41) is 3.59. The van der Waals surface area contributed by atoms with E-state index in [1.165, 1.54) is 0 Å². The number of rotatable bonds is 8. The van der Waals surface area contributed by atoms with Gasteiger partial charge in [-0.05, 0) is 53.6 Å². The van der Waals surface area contributed by atoms with Gasteiger partial charge in [-0.2, -0.15) is 0 Å². The molecule has 0 fully saturated rings. The maximum absolute atomic E-state index is 5.27. The van der Waals surface area contributed by atoms with E-state index in [2.05, 4.69) is 58.7 Å². The monoisotopic (exact) mass is 258 g/mol. The molecule has 0 aliphatic heterocycles. The Bertz CT molecular complexity index is 213. The number of nitrogens with one attached hydrogen (secondary N) is 1. The predicted molar refractivity (Wildman–Crippen MR) is 80.1 cm³/mol. The molecule has 3 heteroatoms. The zero-order valence-corrected chi connectivity index (χ0v) is 13.7. The van der Waals surface area contributed by atoms with Crippen molar-refractivity contribution in [3.8, 4) is 0 Å². The van der Waals surface area contributed by atoms with Gasteiger partial charge in [0, 0.05) is 24.7 Å². The molecule has 0 saturated carbocycles. The van der Waals surface area contributed by atoms with Crippen LogP contribution in [0.15, 0.2) is 0 Å². The molecule has 0 aromatic heterocycles. The largest absolute Gasteiger partial charge is 0.383 e. The molecular weight excluding hydrogens is 224 g/mol. The van der Waals surface area contributed by atoms with Crippen molar-refractivity contribution in [2.75, 3.05) is 26.8 Å². The van der Waals surface area contributed by atoms with Crippen LogP contribution in [0.2, 0.25) is 0 Å². The SMILES string of the molecule is CCN(C(C)COC)C(C)C(C)CNC(C)(C)C. The van der Waals surface area contributed by atoms with Crippen molar-refractivity contribution in [3.05, 3.63) is 0 Å². The summed E-state index contributed by atoms with van der Waals surface area (Å²) < 4.78 is 5.27. The van der Waals surface area contributed by atoms with Gasteiger partial charge in [-0.3, -0.25) is 4.90 Å². The first-order chi connectivity index (χ1) is 8.22. The fraction of sp³-hybridized carbons (Fsp3) is 1.00. The van der Waals surface area contributed by atoms with Crippen LogP contribution in [0.5, 0.6) is 0 Å². The first-order valence-corrected chi connectivity index (χ1v) is 7.22. The highest BCUT2D eigenvalue weighted by molar-refractivity contribution is 4.80. The van der Waals surface area contributed by atoms with Gasteiger partial charge >= 0.3 is 0 Å². The van der Waals surface area contributed by atoms with Crippen LogP contribution in [0.25, 0.3) is 0 Å². The molecule has 110 valence electrons. The number of hydrogen-bond acceptors (Lipinski definition) is 3. The number of ether oxygens (including phenoxy) is 1.